The van der Waals surface area contributed by atoms with Crippen LogP contribution < -0.4 is 0 Å². The molecule has 0 fully saturated rings. The second-order valence-corrected chi connectivity index (χ2v) is 12.0. The molecule has 0 amide bonds. The van der Waals surface area contributed by atoms with Gasteiger partial charge < -0.3 is 4.48 Å². The lowest BCUT2D eigenvalue weighted by Crippen LogP contribution is -2.41. The third-order valence-electron chi connectivity index (χ3n) is 2.81. The third-order valence-corrected chi connectivity index (χ3v) is 4.66. The number of quaternary nitrogens is 1. The summed E-state index contributed by atoms with van der Waals surface area (Å²) in [7, 11) is 3.95. The predicted molar refractivity (Wildman–Crippen MR) is 69.5 cm³/mol. The van der Waals surface area contributed by atoms with Gasteiger partial charge in [-0.05, 0) is 12.8 Å². The van der Waals surface area contributed by atoms with Gasteiger partial charge in [-0.3, -0.25) is 0 Å². The lowest BCUT2D eigenvalue weighted by molar-refractivity contribution is -0.890. The van der Waals surface area contributed by atoms with Crippen LogP contribution in [0.3, 0.4) is 0 Å². The number of hydrogen-bond acceptors (Lipinski definition) is 0. The topological polar surface area (TPSA) is 0 Å². The van der Waals surface area contributed by atoms with Gasteiger partial charge in [0.05, 0.1) is 27.2 Å². The van der Waals surface area contributed by atoms with Crippen LogP contribution in [0.25, 0.3) is 0 Å². The minimum absolute atomic E-state index is 0.798. The van der Waals surface area contributed by atoms with Crippen LogP contribution in [0.4, 0.5) is 0 Å². The first-order chi connectivity index (χ1) is 6.27. The van der Waals surface area contributed by atoms with Crippen molar-refractivity contribution in [3.63, 3.8) is 0 Å². The predicted octanol–water partition coefficient (Wildman–Crippen LogP) is 3.59. The van der Waals surface area contributed by atoms with Gasteiger partial charge in [-0.1, -0.05) is 39.0 Å². The Kier molecular flexibility index (Phi) is 5.99. The average molecular weight is 216 g/mol. The van der Waals surface area contributed by atoms with Crippen LogP contribution in [0.2, 0.25) is 25.7 Å². The van der Waals surface area contributed by atoms with Crippen molar-refractivity contribution in [1.82, 2.24) is 0 Å². The van der Waals surface area contributed by atoms with Gasteiger partial charge in [-0.25, -0.2) is 0 Å². The summed E-state index contributed by atoms with van der Waals surface area (Å²) in [6, 6.07) is 1.49. The molecule has 0 radical (unpaired) electrons. The van der Waals surface area contributed by atoms with E-state index in [-0.39, 0.29) is 0 Å². The summed E-state index contributed by atoms with van der Waals surface area (Å²) in [5.41, 5.74) is 0. The smallest absolute Gasteiger partial charge is 0.0782 e. The van der Waals surface area contributed by atoms with E-state index in [1.807, 2.05) is 0 Å². The summed E-state index contributed by atoms with van der Waals surface area (Å²) in [6.07, 6.45) is 4.13. The van der Waals surface area contributed by atoms with Gasteiger partial charge in [0.15, 0.2) is 0 Å². The number of rotatable bonds is 7. The van der Waals surface area contributed by atoms with Crippen LogP contribution in [0.5, 0.6) is 0 Å². The molecular formula is C12H30NSi+. The lowest BCUT2D eigenvalue weighted by Gasteiger charge is -2.30. The van der Waals surface area contributed by atoms with Crippen LogP contribution in [0.15, 0.2) is 0 Å². The standard InChI is InChI=1S/C12H30NSi/c1-7-8-10-13(2,3)11-9-12-14(4,5)6/h7-12H2,1-6H3/q+1. The average Bonchev–Trinajstić information content (AvgIpc) is 1.98. The van der Waals surface area contributed by atoms with Crippen molar-refractivity contribution in [1.29, 1.82) is 0 Å². The molecule has 0 saturated carbocycles. The van der Waals surface area contributed by atoms with Gasteiger partial charge in [0, 0.05) is 8.07 Å². The molecule has 1 nitrogen and oxygen atoms in total. The molecule has 14 heavy (non-hydrogen) atoms. The Bertz CT molecular complexity index is 147. The van der Waals surface area contributed by atoms with Gasteiger partial charge in [0.1, 0.15) is 0 Å². The Morgan fingerprint density at radius 3 is 1.86 bits per heavy atom. The van der Waals surface area contributed by atoms with Crippen molar-refractivity contribution >= 4 is 8.07 Å². The Morgan fingerprint density at radius 2 is 1.43 bits per heavy atom. The Morgan fingerprint density at radius 1 is 0.929 bits per heavy atom. The van der Waals surface area contributed by atoms with Crippen molar-refractivity contribution < 1.29 is 4.48 Å². The van der Waals surface area contributed by atoms with Crippen LogP contribution in [0.1, 0.15) is 26.2 Å². The summed E-state index contributed by atoms with van der Waals surface area (Å²) in [5.74, 6) is 0. The van der Waals surface area contributed by atoms with E-state index >= 15 is 0 Å². The van der Waals surface area contributed by atoms with E-state index in [2.05, 4.69) is 40.7 Å². The molecule has 0 unspecified atom stereocenters. The van der Waals surface area contributed by atoms with E-state index in [1.54, 1.807) is 0 Å². The first kappa shape index (κ1) is 14.2. The Hall–Kier alpha value is 0.177. The van der Waals surface area contributed by atoms with Gasteiger partial charge in [-0.2, -0.15) is 0 Å². The fourth-order valence-corrected chi connectivity index (χ4v) is 2.95. The summed E-state index contributed by atoms with van der Waals surface area (Å²) in [6.45, 7) is 12.4. The van der Waals surface area contributed by atoms with E-state index in [4.69, 9.17) is 0 Å². The van der Waals surface area contributed by atoms with Gasteiger partial charge in [-0.15, -0.1) is 0 Å². The zero-order valence-electron chi connectivity index (χ0n) is 11.2. The molecule has 86 valence electrons. The highest BCUT2D eigenvalue weighted by molar-refractivity contribution is 6.76. The van der Waals surface area contributed by atoms with Crippen LogP contribution in [-0.4, -0.2) is 39.7 Å². The normalized spacial score (nSPS) is 13.3. The van der Waals surface area contributed by atoms with E-state index < -0.39 is 8.07 Å². The van der Waals surface area contributed by atoms with E-state index in [1.165, 1.54) is 42.9 Å². The summed E-state index contributed by atoms with van der Waals surface area (Å²) < 4.78 is 1.22. The Balaban J connectivity index is 3.65. The molecule has 0 saturated heterocycles. The van der Waals surface area contributed by atoms with Crippen molar-refractivity contribution in [2.24, 2.45) is 0 Å². The first-order valence-corrected chi connectivity index (χ1v) is 9.79. The molecule has 0 rings (SSSR count). The van der Waals surface area contributed by atoms with Crippen molar-refractivity contribution in [3.8, 4) is 0 Å². The maximum Gasteiger partial charge on any atom is 0.0782 e. The molecule has 0 spiro atoms. The minimum Gasteiger partial charge on any atom is -0.328 e. The number of unbranched alkanes of at least 4 members (excludes halogenated alkanes) is 1. The molecule has 0 aromatic rings. The van der Waals surface area contributed by atoms with Crippen LogP contribution in [0, 0.1) is 0 Å². The largest absolute Gasteiger partial charge is 0.328 e. The van der Waals surface area contributed by atoms with Crippen LogP contribution in [-0.2, 0) is 0 Å². The fourth-order valence-electron chi connectivity index (χ4n) is 1.74. The summed E-state index contributed by atoms with van der Waals surface area (Å²) in [4.78, 5) is 0. The maximum absolute atomic E-state index is 2.47. The van der Waals surface area contributed by atoms with Gasteiger partial charge in [0.25, 0.3) is 0 Å². The summed E-state index contributed by atoms with van der Waals surface area (Å²) in [5, 5.41) is 0. The van der Waals surface area contributed by atoms with Crippen molar-refractivity contribution in [2.75, 3.05) is 27.2 Å². The SMILES string of the molecule is CCCC[N+](C)(C)CCC[Si](C)(C)C. The van der Waals surface area contributed by atoms with E-state index in [9.17, 15) is 0 Å². The van der Waals surface area contributed by atoms with Gasteiger partial charge >= 0.3 is 0 Å². The van der Waals surface area contributed by atoms with Gasteiger partial charge in [0.2, 0.25) is 0 Å². The molecule has 0 aliphatic heterocycles. The second kappa shape index (κ2) is 5.91. The number of hydrogen-bond donors (Lipinski definition) is 0. The molecule has 0 aromatic carbocycles. The first-order valence-electron chi connectivity index (χ1n) is 6.09. The van der Waals surface area contributed by atoms with E-state index in [0.29, 0.717) is 0 Å². The fraction of sp³-hybridized carbons (Fsp3) is 1.00. The molecule has 0 atom stereocenters. The molecule has 0 aliphatic rings. The van der Waals surface area contributed by atoms with Crippen molar-refractivity contribution in [2.45, 2.75) is 51.9 Å². The molecule has 2 heteroatoms. The highest BCUT2D eigenvalue weighted by Crippen LogP contribution is 2.13. The second-order valence-electron chi connectivity index (χ2n) is 6.40. The third kappa shape index (κ3) is 8.76. The lowest BCUT2D eigenvalue weighted by atomic mass is 10.3. The summed E-state index contributed by atoms with van der Waals surface area (Å²) >= 11 is 0. The molecule has 0 heterocycles. The van der Waals surface area contributed by atoms with E-state index in [0.717, 1.165) is 0 Å². The van der Waals surface area contributed by atoms with Crippen LogP contribution >= 0.6 is 0 Å². The molecule has 0 aromatic heterocycles. The monoisotopic (exact) mass is 216 g/mol. The zero-order valence-corrected chi connectivity index (χ0v) is 12.2. The van der Waals surface area contributed by atoms with Crippen molar-refractivity contribution in [3.05, 3.63) is 0 Å². The quantitative estimate of drug-likeness (QED) is 0.451. The maximum atomic E-state index is 2.47. The molecule has 0 aliphatic carbocycles. The minimum atomic E-state index is -0.798. The highest BCUT2D eigenvalue weighted by Gasteiger charge is 2.17. The highest BCUT2D eigenvalue weighted by atomic mass is 28.3. The molecule has 0 bridgehead atoms. The number of nitrogens with zero attached hydrogens (tertiary/aromatic N) is 1. The zero-order chi connectivity index (χ0) is 11.2. The Labute approximate surface area is 92.1 Å². The molecule has 0 N–H and O–H groups in total. The molecular weight excluding hydrogens is 186 g/mol.